The molecule has 1 N–H and O–H groups in total. The van der Waals surface area contributed by atoms with Gasteiger partial charge in [-0.3, -0.25) is 18.6 Å². The Balaban J connectivity index is 4.41. The Labute approximate surface area is 276 Å². The fourth-order valence-electron chi connectivity index (χ4n) is 4.78. The second kappa shape index (κ2) is 28.9. The number of rotatable bonds is 32. The third kappa shape index (κ3) is 32.5. The predicted molar refractivity (Wildman–Crippen MR) is 183 cm³/mol. The molecule has 266 valence electrons. The van der Waals surface area contributed by atoms with E-state index in [0.29, 0.717) is 23.9 Å². The number of unbranched alkanes of at least 4 members (excludes halogenated alkanes) is 17. The van der Waals surface area contributed by atoms with Crippen LogP contribution in [0.4, 0.5) is 0 Å². The number of likely N-dealkylation sites (N-methyl/N-ethyl adjacent to an activating group) is 1. The molecule has 0 rings (SSSR count). The molecular formula is C35H69NO8P+. The molecule has 9 nitrogen and oxygen atoms in total. The van der Waals surface area contributed by atoms with Crippen molar-refractivity contribution in [3.8, 4) is 0 Å². The van der Waals surface area contributed by atoms with Crippen LogP contribution in [-0.2, 0) is 32.7 Å². The van der Waals surface area contributed by atoms with Crippen LogP contribution in [0.25, 0.3) is 0 Å². The van der Waals surface area contributed by atoms with Gasteiger partial charge in [-0.25, -0.2) is 4.57 Å². The number of carbonyl (C=O) groups excluding carboxylic acids is 2. The summed E-state index contributed by atoms with van der Waals surface area (Å²) < 4.78 is 34.0. The number of hydrogen-bond acceptors (Lipinski definition) is 7. The zero-order valence-electron chi connectivity index (χ0n) is 29.6. The van der Waals surface area contributed by atoms with Gasteiger partial charge in [-0.1, -0.05) is 115 Å². The Morgan fingerprint density at radius 1 is 0.711 bits per heavy atom. The first-order chi connectivity index (χ1) is 21.5. The Hall–Kier alpha value is -1.25. The van der Waals surface area contributed by atoms with Crippen LogP contribution < -0.4 is 0 Å². The Morgan fingerprint density at radius 2 is 1.20 bits per heavy atom. The number of quaternary nitrogens is 1. The summed E-state index contributed by atoms with van der Waals surface area (Å²) in [6, 6.07) is 0. The van der Waals surface area contributed by atoms with Crippen molar-refractivity contribution in [2.75, 3.05) is 47.5 Å². The van der Waals surface area contributed by atoms with Crippen LogP contribution >= 0.6 is 7.82 Å². The maximum atomic E-state index is 12.5. The maximum absolute atomic E-state index is 12.5. The van der Waals surface area contributed by atoms with Gasteiger partial charge in [0.1, 0.15) is 19.8 Å². The Morgan fingerprint density at radius 3 is 1.71 bits per heavy atom. The summed E-state index contributed by atoms with van der Waals surface area (Å²) in [5.74, 6) is -0.813. The van der Waals surface area contributed by atoms with Crippen LogP contribution in [0.5, 0.6) is 0 Å². The number of ether oxygens (including phenoxy) is 2. The first kappa shape index (κ1) is 43.8. The van der Waals surface area contributed by atoms with Gasteiger partial charge in [-0.05, 0) is 32.6 Å². The van der Waals surface area contributed by atoms with E-state index in [1.54, 1.807) is 0 Å². The van der Waals surface area contributed by atoms with Crippen molar-refractivity contribution in [3.63, 3.8) is 0 Å². The van der Waals surface area contributed by atoms with Crippen LogP contribution in [0.2, 0.25) is 0 Å². The Kier molecular flexibility index (Phi) is 28.1. The molecule has 0 aliphatic heterocycles. The minimum atomic E-state index is -4.36. The lowest BCUT2D eigenvalue weighted by atomic mass is 10.0. The lowest BCUT2D eigenvalue weighted by Gasteiger charge is -2.24. The first-order valence-electron chi connectivity index (χ1n) is 17.9. The van der Waals surface area contributed by atoms with Crippen molar-refractivity contribution < 1.29 is 42.1 Å². The molecule has 0 saturated heterocycles. The van der Waals surface area contributed by atoms with Crippen molar-refractivity contribution >= 4 is 19.8 Å². The van der Waals surface area contributed by atoms with Crippen molar-refractivity contribution in [1.29, 1.82) is 0 Å². The van der Waals surface area contributed by atoms with Crippen LogP contribution in [0.3, 0.4) is 0 Å². The molecular weight excluding hydrogens is 593 g/mol. The number of esters is 2. The van der Waals surface area contributed by atoms with Gasteiger partial charge in [0.25, 0.3) is 0 Å². The summed E-state index contributed by atoms with van der Waals surface area (Å²) in [4.78, 5) is 35.0. The molecule has 0 aliphatic rings. The van der Waals surface area contributed by atoms with Gasteiger partial charge in [0, 0.05) is 12.8 Å². The van der Waals surface area contributed by atoms with E-state index < -0.39 is 26.5 Å². The van der Waals surface area contributed by atoms with E-state index in [2.05, 4.69) is 19.1 Å². The largest absolute Gasteiger partial charge is 0.472 e. The number of carbonyl (C=O) groups is 2. The zero-order chi connectivity index (χ0) is 33.7. The number of hydrogen-bond donors (Lipinski definition) is 1. The van der Waals surface area contributed by atoms with E-state index in [-0.39, 0.29) is 25.6 Å². The molecule has 0 radical (unpaired) electrons. The number of allylic oxidation sites excluding steroid dienone is 2. The van der Waals surface area contributed by atoms with Gasteiger partial charge in [0.2, 0.25) is 0 Å². The average Bonchev–Trinajstić information content (AvgIpc) is 2.97. The van der Waals surface area contributed by atoms with E-state index >= 15 is 0 Å². The van der Waals surface area contributed by atoms with E-state index in [0.717, 1.165) is 51.4 Å². The molecule has 0 heterocycles. The number of phosphoric ester groups is 1. The second-order valence-corrected chi connectivity index (χ2v) is 14.7. The highest BCUT2D eigenvalue weighted by atomic mass is 31.2. The first-order valence-corrected chi connectivity index (χ1v) is 19.4. The fraction of sp³-hybridized carbons (Fsp3) is 0.886. The predicted octanol–water partition coefficient (Wildman–Crippen LogP) is 9.07. The highest BCUT2D eigenvalue weighted by Crippen LogP contribution is 2.43. The van der Waals surface area contributed by atoms with Gasteiger partial charge < -0.3 is 18.9 Å². The summed E-state index contributed by atoms with van der Waals surface area (Å²) in [6.45, 7) is 4.18. The summed E-state index contributed by atoms with van der Waals surface area (Å²) in [6.07, 6.45) is 25.7. The molecule has 0 spiro atoms. The van der Waals surface area contributed by atoms with Crippen LogP contribution in [0, 0.1) is 0 Å². The molecule has 0 amide bonds. The molecule has 0 bridgehead atoms. The van der Waals surface area contributed by atoms with E-state index in [4.69, 9.17) is 18.5 Å². The van der Waals surface area contributed by atoms with E-state index in [1.807, 2.05) is 28.1 Å². The van der Waals surface area contributed by atoms with E-state index in [1.165, 1.54) is 64.2 Å². The molecule has 0 saturated carbocycles. The minimum Gasteiger partial charge on any atom is -0.462 e. The van der Waals surface area contributed by atoms with Crippen molar-refractivity contribution in [3.05, 3.63) is 12.2 Å². The lowest BCUT2D eigenvalue weighted by Crippen LogP contribution is -2.37. The van der Waals surface area contributed by atoms with Gasteiger partial charge in [-0.15, -0.1) is 0 Å². The molecule has 1 unspecified atom stereocenters. The highest BCUT2D eigenvalue weighted by molar-refractivity contribution is 7.47. The van der Waals surface area contributed by atoms with Gasteiger partial charge in [0.05, 0.1) is 27.7 Å². The maximum Gasteiger partial charge on any atom is 0.472 e. The van der Waals surface area contributed by atoms with Gasteiger partial charge in [0.15, 0.2) is 6.10 Å². The number of phosphoric acid groups is 1. The average molecular weight is 663 g/mol. The second-order valence-electron chi connectivity index (χ2n) is 13.3. The highest BCUT2D eigenvalue weighted by Gasteiger charge is 2.27. The van der Waals surface area contributed by atoms with Crippen LogP contribution in [0.15, 0.2) is 12.2 Å². The summed E-state index contributed by atoms with van der Waals surface area (Å²) in [5.41, 5.74) is 0. The molecule has 10 heteroatoms. The Bertz CT molecular complexity index is 799. The third-order valence-electron chi connectivity index (χ3n) is 7.64. The molecule has 0 aliphatic carbocycles. The molecule has 0 fully saturated rings. The smallest absolute Gasteiger partial charge is 0.462 e. The topological polar surface area (TPSA) is 108 Å². The summed E-state index contributed by atoms with van der Waals surface area (Å²) >= 11 is 0. The fourth-order valence-corrected chi connectivity index (χ4v) is 5.52. The van der Waals surface area contributed by atoms with Crippen molar-refractivity contribution in [1.82, 2.24) is 0 Å². The summed E-state index contributed by atoms with van der Waals surface area (Å²) in [5, 5.41) is 0. The molecule has 0 aromatic heterocycles. The standard InChI is InChI=1S/C35H68NO8P/c1-6-8-10-12-14-16-17-18-19-20-22-23-25-27-34(37)41-31-33(32-43-45(39,40)42-30-29-36(3,4)5)44-35(38)28-26-24-21-15-13-11-9-7-2/h7,9,33H,6,8,10-32H2,1-5H3/p+1/b9-7-/t33-/m0/s1. The van der Waals surface area contributed by atoms with Crippen LogP contribution in [-0.4, -0.2) is 74.9 Å². The quantitative estimate of drug-likeness (QED) is 0.0250. The number of nitrogens with zero attached hydrogens (tertiary/aromatic N) is 1. The van der Waals surface area contributed by atoms with Gasteiger partial charge in [-0.2, -0.15) is 0 Å². The SMILES string of the molecule is C/C=C\CCCCCCCC(=O)O[C@@H](COC(=O)CCCCCCCCCCCCCCC)COP(=O)(O)OCC[N+](C)(C)C. The third-order valence-corrected chi connectivity index (χ3v) is 8.62. The minimum absolute atomic E-state index is 0.0323. The van der Waals surface area contributed by atoms with Crippen molar-refractivity contribution in [2.24, 2.45) is 0 Å². The molecule has 0 aromatic rings. The molecule has 2 atom stereocenters. The van der Waals surface area contributed by atoms with E-state index in [9.17, 15) is 19.0 Å². The molecule has 45 heavy (non-hydrogen) atoms. The normalized spacial score (nSPS) is 14.0. The lowest BCUT2D eigenvalue weighted by molar-refractivity contribution is -0.870. The van der Waals surface area contributed by atoms with Gasteiger partial charge >= 0.3 is 19.8 Å². The van der Waals surface area contributed by atoms with Crippen LogP contribution in [0.1, 0.15) is 149 Å². The monoisotopic (exact) mass is 662 g/mol. The summed E-state index contributed by atoms with van der Waals surface area (Å²) in [7, 11) is 1.47. The zero-order valence-corrected chi connectivity index (χ0v) is 30.5. The van der Waals surface area contributed by atoms with Crippen molar-refractivity contribution in [2.45, 2.75) is 155 Å². The molecule has 0 aromatic carbocycles.